The van der Waals surface area contributed by atoms with Crippen molar-refractivity contribution in [1.82, 2.24) is 0 Å². The van der Waals surface area contributed by atoms with Crippen LogP contribution in [0.2, 0.25) is 0 Å². The third kappa shape index (κ3) is 7.79. The minimum atomic E-state index is 0. The van der Waals surface area contributed by atoms with E-state index < -0.39 is 0 Å². The molecule has 0 aromatic carbocycles. The van der Waals surface area contributed by atoms with E-state index in [0.717, 1.165) is 18.9 Å². The number of hydrogen-bond acceptors (Lipinski definition) is 1. The van der Waals surface area contributed by atoms with Crippen LogP contribution in [-0.2, 0) is 4.74 Å². The Kier molecular flexibility index (Phi) is 18.9. The van der Waals surface area contributed by atoms with Gasteiger partial charge < -0.3 is 21.7 Å². The fourth-order valence-corrected chi connectivity index (χ4v) is 0.703. The smallest absolute Gasteiger partial charge is 1.00 e. The third-order valence-corrected chi connectivity index (χ3v) is 1.34. The van der Waals surface area contributed by atoms with Gasteiger partial charge in [-0.3, -0.25) is 0 Å². The second kappa shape index (κ2) is 10.7. The van der Waals surface area contributed by atoms with E-state index in [1.165, 1.54) is 6.42 Å². The maximum absolute atomic E-state index is 5.01. The molecule has 0 radical (unpaired) electrons. The van der Waals surface area contributed by atoms with E-state index in [1.807, 2.05) is 6.61 Å². The molecule has 10 heavy (non-hydrogen) atoms. The first kappa shape index (κ1) is 17.7. The average Bonchev–Trinajstić information content (AvgIpc) is 1.69. The largest absolute Gasteiger partial charge is 2.00 e. The van der Waals surface area contributed by atoms with Gasteiger partial charge in [0.15, 0.2) is 0 Å². The minimum absolute atomic E-state index is 0. The van der Waals surface area contributed by atoms with Crippen molar-refractivity contribution in [3.63, 3.8) is 0 Å². The van der Waals surface area contributed by atoms with Crippen LogP contribution in [0.15, 0.2) is 0 Å². The van der Waals surface area contributed by atoms with Gasteiger partial charge in [0.25, 0.3) is 0 Å². The molecule has 1 fully saturated rings. The first-order valence-corrected chi connectivity index (χ1v) is 2.83. The molecule has 0 amide bonds. The van der Waals surface area contributed by atoms with E-state index in [9.17, 15) is 0 Å². The van der Waals surface area contributed by atoms with Gasteiger partial charge in [-0.15, -0.1) is 17.0 Å². The summed E-state index contributed by atoms with van der Waals surface area (Å²) in [6.45, 7) is 5.09. The van der Waals surface area contributed by atoms with Crippen molar-refractivity contribution in [2.24, 2.45) is 5.92 Å². The first-order valence-electron chi connectivity index (χ1n) is 2.83. The summed E-state index contributed by atoms with van der Waals surface area (Å²) in [6.07, 6.45) is 2.37. The van der Waals surface area contributed by atoms with Crippen molar-refractivity contribution in [3.8, 4) is 0 Å². The third-order valence-electron chi connectivity index (χ3n) is 1.34. The molecule has 0 saturated carbocycles. The molecule has 1 unspecified atom stereocenters. The molecule has 0 aromatic heterocycles. The summed E-state index contributed by atoms with van der Waals surface area (Å²) in [5, 5.41) is 0. The molecule has 0 spiro atoms. The summed E-state index contributed by atoms with van der Waals surface area (Å²) in [5.74, 6) is 0.855. The summed E-state index contributed by atoms with van der Waals surface area (Å²) < 4.78 is 5.01. The Balaban J connectivity index is -0.000000163. The summed E-state index contributed by atoms with van der Waals surface area (Å²) in [4.78, 5) is 0. The Bertz CT molecular complexity index is 57.7. The van der Waals surface area contributed by atoms with Crippen LogP contribution in [0, 0.1) is 12.5 Å². The Morgan fingerprint density at radius 3 is 2.30 bits per heavy atom. The van der Waals surface area contributed by atoms with Crippen LogP contribution in [0.5, 0.6) is 0 Å². The zero-order valence-electron chi connectivity index (χ0n) is 6.18. The van der Waals surface area contributed by atoms with E-state index in [0.29, 0.717) is 0 Å². The summed E-state index contributed by atoms with van der Waals surface area (Å²) in [6, 6.07) is 0. The molecule has 1 aliphatic rings. The predicted molar refractivity (Wildman–Crippen MR) is 44.7 cm³/mol. The Morgan fingerprint density at radius 2 is 2.10 bits per heavy atom. The van der Waals surface area contributed by atoms with E-state index in [4.69, 9.17) is 4.74 Å². The van der Waals surface area contributed by atoms with Crippen molar-refractivity contribution in [3.05, 3.63) is 6.61 Å². The second-order valence-electron chi connectivity index (χ2n) is 2.17. The Labute approximate surface area is 100.0 Å². The summed E-state index contributed by atoms with van der Waals surface area (Å²) in [7, 11) is 0. The van der Waals surface area contributed by atoms with Crippen LogP contribution in [0.25, 0.3) is 0 Å². The molecule has 4 heteroatoms. The van der Waals surface area contributed by atoms with Gasteiger partial charge in [0, 0.05) is 6.61 Å². The topological polar surface area (TPSA) is 9.23 Å². The van der Waals surface area contributed by atoms with E-state index in [2.05, 4.69) is 6.92 Å². The maximum Gasteiger partial charge on any atom is 2.00 e. The van der Waals surface area contributed by atoms with Crippen molar-refractivity contribution in [1.29, 1.82) is 0 Å². The SMILES string of the molecule is Br.CC1C[CH-]OCC1.[Br-].[Mg+2]. The van der Waals surface area contributed by atoms with Crippen molar-refractivity contribution in [2.45, 2.75) is 19.8 Å². The minimum Gasteiger partial charge on any atom is -1.00 e. The van der Waals surface area contributed by atoms with Crippen molar-refractivity contribution < 1.29 is 21.7 Å². The zero-order chi connectivity index (χ0) is 5.11. The van der Waals surface area contributed by atoms with E-state index >= 15 is 0 Å². The standard InChI is InChI=1S/C6H11O.2BrH.Mg/c1-6-2-4-7-5-3-6;;;/h4,6H,2-3,5H2,1H3;2*1H;/q-1;;;+2/p-1. The molecule has 1 rings (SSSR count). The van der Waals surface area contributed by atoms with Crippen LogP contribution in [0.1, 0.15) is 19.8 Å². The Hall–Kier alpha value is 1.69. The van der Waals surface area contributed by atoms with Crippen LogP contribution >= 0.6 is 17.0 Å². The molecule has 58 valence electrons. The molecule has 1 saturated heterocycles. The molecule has 1 heterocycles. The van der Waals surface area contributed by atoms with Gasteiger partial charge in [-0.25, -0.2) is 6.61 Å². The second-order valence-corrected chi connectivity index (χ2v) is 2.17. The normalized spacial score (nSPS) is 23.1. The molecule has 0 N–H and O–H groups in total. The van der Waals surface area contributed by atoms with E-state index in [1.54, 1.807) is 0 Å². The summed E-state index contributed by atoms with van der Waals surface area (Å²) >= 11 is 0. The molecular formula is C6H12Br2MgO. The van der Waals surface area contributed by atoms with Gasteiger partial charge in [-0.2, -0.15) is 6.42 Å². The number of ether oxygens (including phenoxy) is 1. The predicted octanol–water partition coefficient (Wildman–Crippen LogP) is -1.20. The zero-order valence-corrected chi connectivity index (χ0v) is 10.9. The number of hydrogen-bond donors (Lipinski definition) is 0. The number of halogens is 2. The molecule has 1 nitrogen and oxygen atoms in total. The van der Waals surface area contributed by atoms with Gasteiger partial charge in [0.2, 0.25) is 0 Å². The van der Waals surface area contributed by atoms with Crippen LogP contribution < -0.4 is 17.0 Å². The quantitative estimate of drug-likeness (QED) is 0.401. The molecule has 1 aliphatic heterocycles. The van der Waals surface area contributed by atoms with E-state index in [-0.39, 0.29) is 57.0 Å². The fourth-order valence-electron chi connectivity index (χ4n) is 0.703. The summed E-state index contributed by atoms with van der Waals surface area (Å²) in [5.41, 5.74) is 0. The van der Waals surface area contributed by atoms with Crippen molar-refractivity contribution >= 4 is 40.0 Å². The van der Waals surface area contributed by atoms with Gasteiger partial charge >= 0.3 is 23.1 Å². The first-order chi connectivity index (χ1) is 3.39. The van der Waals surface area contributed by atoms with Gasteiger partial charge in [0.05, 0.1) is 0 Å². The molecule has 0 aromatic rings. The number of rotatable bonds is 0. The maximum atomic E-state index is 5.01. The monoisotopic (exact) mass is 282 g/mol. The van der Waals surface area contributed by atoms with Crippen molar-refractivity contribution in [2.75, 3.05) is 6.61 Å². The van der Waals surface area contributed by atoms with Crippen LogP contribution in [0.4, 0.5) is 0 Å². The van der Waals surface area contributed by atoms with Gasteiger partial charge in [-0.1, -0.05) is 12.8 Å². The average molecular weight is 284 g/mol. The van der Waals surface area contributed by atoms with Crippen LogP contribution in [-0.4, -0.2) is 29.7 Å². The van der Waals surface area contributed by atoms with Gasteiger partial charge in [-0.05, 0) is 6.42 Å². The molecule has 0 aliphatic carbocycles. The molecular weight excluding hydrogens is 272 g/mol. The van der Waals surface area contributed by atoms with Gasteiger partial charge in [0.1, 0.15) is 0 Å². The molecule has 1 atom stereocenters. The Morgan fingerprint density at radius 1 is 1.50 bits per heavy atom. The fraction of sp³-hybridized carbons (Fsp3) is 0.833. The van der Waals surface area contributed by atoms with Crippen LogP contribution in [0.3, 0.4) is 0 Å². The molecule has 0 bridgehead atoms.